The van der Waals surface area contributed by atoms with E-state index in [1.165, 1.54) is 18.4 Å². The van der Waals surface area contributed by atoms with Gasteiger partial charge in [0, 0.05) is 41.7 Å². The SMILES string of the molecule is C=CCC1=CC(=O)C2=CCCCC2=C1OCCCCCOc1cccc(OCCCC(=O)NCCCN(N=C=O)OC(C)(C)C)c1CCC(=O)OC. The maximum atomic E-state index is 12.6. The molecule has 1 aromatic rings. The third kappa shape index (κ3) is 14.5. The van der Waals surface area contributed by atoms with E-state index in [1.54, 1.807) is 12.2 Å². The van der Waals surface area contributed by atoms with Crippen LogP contribution in [0.5, 0.6) is 11.5 Å². The highest BCUT2D eigenvalue weighted by atomic mass is 16.7. The van der Waals surface area contributed by atoms with Crippen LogP contribution in [0.2, 0.25) is 0 Å². The van der Waals surface area contributed by atoms with Gasteiger partial charge in [0.2, 0.25) is 5.91 Å². The first-order valence-corrected chi connectivity index (χ1v) is 18.2. The zero-order valence-corrected chi connectivity index (χ0v) is 31.3. The van der Waals surface area contributed by atoms with Crippen molar-refractivity contribution < 1.29 is 43.0 Å². The number of ether oxygens (including phenoxy) is 4. The Morgan fingerprint density at radius 1 is 1.02 bits per heavy atom. The third-order valence-corrected chi connectivity index (χ3v) is 8.18. The summed E-state index contributed by atoms with van der Waals surface area (Å²) in [5.41, 5.74) is 2.97. The molecule has 0 bridgehead atoms. The second kappa shape index (κ2) is 22.3. The molecular weight excluding hydrogens is 666 g/mol. The van der Waals surface area contributed by atoms with Crippen LogP contribution in [0.4, 0.5) is 0 Å². The van der Waals surface area contributed by atoms with Crippen LogP contribution in [0.15, 0.2) is 70.6 Å². The molecule has 284 valence electrons. The summed E-state index contributed by atoms with van der Waals surface area (Å²) >= 11 is 0. The number of hydrogen-bond acceptors (Lipinski definition) is 11. The van der Waals surface area contributed by atoms with Crippen molar-refractivity contribution in [2.75, 3.05) is 40.0 Å². The number of esters is 1. The van der Waals surface area contributed by atoms with Crippen LogP contribution in [0, 0.1) is 0 Å². The lowest BCUT2D eigenvalue weighted by Crippen LogP contribution is -2.33. The van der Waals surface area contributed by atoms with Crippen molar-refractivity contribution in [3.63, 3.8) is 0 Å². The topological polar surface area (TPSA) is 142 Å². The molecule has 2 aliphatic carbocycles. The number of hydrogen-bond donors (Lipinski definition) is 1. The number of benzene rings is 1. The predicted molar refractivity (Wildman–Crippen MR) is 197 cm³/mol. The summed E-state index contributed by atoms with van der Waals surface area (Å²) in [5, 5.41) is 7.59. The minimum atomic E-state index is -0.519. The van der Waals surface area contributed by atoms with Gasteiger partial charge in [0.15, 0.2) is 5.78 Å². The monoisotopic (exact) mass is 721 g/mol. The number of fused-ring (bicyclic) bond motifs is 1. The second-order valence-corrected chi connectivity index (χ2v) is 13.5. The Morgan fingerprint density at radius 3 is 2.40 bits per heavy atom. The number of ketones is 1. The van der Waals surface area contributed by atoms with Crippen LogP contribution < -0.4 is 14.8 Å². The molecule has 2 aliphatic rings. The van der Waals surface area contributed by atoms with E-state index < -0.39 is 5.60 Å². The van der Waals surface area contributed by atoms with Crippen molar-refractivity contribution in [1.29, 1.82) is 0 Å². The van der Waals surface area contributed by atoms with Gasteiger partial charge in [0.05, 0.1) is 39.1 Å². The standard InChI is InChI=1S/C40H55N3O9/c1-6-15-30-28-34(45)31-16-8-9-17-32(31)39(30)51-26-11-7-10-25-49-35-18-12-19-36(33(35)21-22-38(47)48-5)50-27-13-20-37(46)41-23-14-24-43(42-29-44)52-40(2,3)4/h6,12,16,18-19,28H,1,7-11,13-15,17,20-27H2,2-5H3,(H,41,46). The van der Waals surface area contributed by atoms with Gasteiger partial charge >= 0.3 is 5.97 Å². The van der Waals surface area contributed by atoms with Crippen molar-refractivity contribution >= 4 is 23.7 Å². The molecule has 12 nitrogen and oxygen atoms in total. The molecule has 3 rings (SSSR count). The van der Waals surface area contributed by atoms with Crippen LogP contribution >= 0.6 is 0 Å². The molecule has 0 fully saturated rings. The van der Waals surface area contributed by atoms with E-state index in [0.29, 0.717) is 70.1 Å². The van der Waals surface area contributed by atoms with Crippen molar-refractivity contribution in [1.82, 2.24) is 10.5 Å². The number of hydrazone groups is 1. The number of nitrogens with one attached hydrogen (secondary N) is 1. The van der Waals surface area contributed by atoms with Crippen LogP contribution in [-0.4, -0.2) is 74.5 Å². The summed E-state index contributed by atoms with van der Waals surface area (Å²) in [7, 11) is 1.36. The number of rotatable bonds is 24. The van der Waals surface area contributed by atoms with Crippen LogP contribution in [0.25, 0.3) is 0 Å². The summed E-state index contributed by atoms with van der Waals surface area (Å²) < 4.78 is 23.4. The molecule has 52 heavy (non-hydrogen) atoms. The third-order valence-electron chi connectivity index (χ3n) is 8.18. The van der Waals surface area contributed by atoms with Gasteiger partial charge in [-0.05, 0) is 103 Å². The van der Waals surface area contributed by atoms with Crippen LogP contribution in [0.3, 0.4) is 0 Å². The zero-order chi connectivity index (χ0) is 37.8. The molecule has 0 saturated heterocycles. The van der Waals surface area contributed by atoms with Gasteiger partial charge in [-0.25, -0.2) is 4.79 Å². The fourth-order valence-corrected chi connectivity index (χ4v) is 5.80. The molecule has 0 aromatic heterocycles. The van der Waals surface area contributed by atoms with Gasteiger partial charge in [-0.2, -0.15) is 5.17 Å². The number of hydroxylamine groups is 1. The summed E-state index contributed by atoms with van der Waals surface area (Å²) in [6, 6.07) is 5.55. The summed E-state index contributed by atoms with van der Waals surface area (Å²) in [5.74, 6) is 1.70. The highest BCUT2D eigenvalue weighted by Crippen LogP contribution is 2.36. The first-order valence-electron chi connectivity index (χ1n) is 18.2. The van der Waals surface area contributed by atoms with E-state index >= 15 is 0 Å². The van der Waals surface area contributed by atoms with Crippen molar-refractivity contribution in [2.24, 2.45) is 5.10 Å². The number of carbonyl (C=O) groups excluding carboxylic acids is 4. The molecule has 1 aromatic carbocycles. The molecule has 12 heteroatoms. The Hall–Kier alpha value is -4.67. The summed E-state index contributed by atoms with van der Waals surface area (Å²) in [6.45, 7) is 11.4. The molecule has 0 heterocycles. The van der Waals surface area contributed by atoms with Crippen molar-refractivity contribution in [2.45, 2.75) is 103 Å². The van der Waals surface area contributed by atoms with Crippen LogP contribution in [0.1, 0.15) is 97.0 Å². The number of methoxy groups -OCH3 is 1. The van der Waals surface area contributed by atoms with E-state index in [2.05, 4.69) is 17.0 Å². The Labute approximate surface area is 307 Å². The largest absolute Gasteiger partial charge is 0.493 e. The molecule has 0 aliphatic heterocycles. The van der Waals surface area contributed by atoms with Gasteiger partial charge in [-0.3, -0.25) is 19.2 Å². The Morgan fingerprint density at radius 2 is 1.73 bits per heavy atom. The molecule has 0 spiro atoms. The van der Waals surface area contributed by atoms with E-state index in [4.69, 9.17) is 23.8 Å². The second-order valence-electron chi connectivity index (χ2n) is 13.5. The highest BCUT2D eigenvalue weighted by Gasteiger charge is 2.27. The predicted octanol–water partition coefficient (Wildman–Crippen LogP) is 6.76. The number of nitrogens with zero attached hydrogens (tertiary/aromatic N) is 2. The molecule has 0 radical (unpaired) electrons. The average molecular weight is 722 g/mol. The average Bonchev–Trinajstić information content (AvgIpc) is 3.11. The smallest absolute Gasteiger partial charge is 0.305 e. The minimum Gasteiger partial charge on any atom is -0.493 e. The van der Waals surface area contributed by atoms with Gasteiger partial charge in [0.25, 0.3) is 6.08 Å². The fourth-order valence-electron chi connectivity index (χ4n) is 5.80. The lowest BCUT2D eigenvalue weighted by atomic mass is 9.83. The lowest BCUT2D eigenvalue weighted by molar-refractivity contribution is -0.229. The normalized spacial score (nSPS) is 14.0. The van der Waals surface area contributed by atoms with E-state index in [1.807, 2.05) is 45.0 Å². The Kier molecular flexibility index (Phi) is 17.9. The lowest BCUT2D eigenvalue weighted by Gasteiger charge is -2.26. The van der Waals surface area contributed by atoms with Gasteiger partial charge in [-0.1, -0.05) is 23.3 Å². The quantitative estimate of drug-likeness (QED) is 0.0304. The Bertz CT molecular complexity index is 1520. The molecule has 1 amide bonds. The first kappa shape index (κ1) is 41.7. The van der Waals surface area contributed by atoms with E-state index in [9.17, 15) is 19.2 Å². The van der Waals surface area contributed by atoms with E-state index in [0.717, 1.165) is 66.6 Å². The van der Waals surface area contributed by atoms with E-state index in [-0.39, 0.29) is 30.5 Å². The molecule has 0 atom stereocenters. The maximum absolute atomic E-state index is 12.6. The summed E-state index contributed by atoms with van der Waals surface area (Å²) in [6.07, 6.45) is 14.7. The molecular formula is C40H55N3O9. The zero-order valence-electron chi connectivity index (χ0n) is 31.3. The minimum absolute atomic E-state index is 0.0613. The van der Waals surface area contributed by atoms with Crippen LogP contribution in [-0.2, 0) is 39.9 Å². The number of allylic oxidation sites excluding steroid dienone is 6. The Balaban J connectivity index is 1.44. The number of isocyanates is 1. The van der Waals surface area contributed by atoms with Crippen molar-refractivity contribution in [3.05, 3.63) is 71.0 Å². The van der Waals surface area contributed by atoms with Gasteiger partial charge < -0.3 is 24.3 Å². The number of unbranched alkanes of at least 4 members (excludes halogenated alkanes) is 2. The fraction of sp³-hybridized carbons (Fsp3) is 0.550. The molecule has 0 saturated carbocycles. The molecule has 1 N–H and O–H groups in total. The highest BCUT2D eigenvalue weighted by molar-refractivity contribution is 6.10. The first-order chi connectivity index (χ1) is 25.1. The maximum Gasteiger partial charge on any atom is 0.305 e. The van der Waals surface area contributed by atoms with Gasteiger partial charge in [0.1, 0.15) is 17.3 Å². The van der Waals surface area contributed by atoms with Crippen molar-refractivity contribution in [3.8, 4) is 11.5 Å². The van der Waals surface area contributed by atoms with Gasteiger partial charge in [-0.15, -0.1) is 6.58 Å². The summed E-state index contributed by atoms with van der Waals surface area (Å²) in [4.78, 5) is 53.2. The molecule has 0 unspecified atom stereocenters. The number of carbonyl (C=O) groups is 3. The number of amides is 1.